The molecule has 0 fully saturated rings. The second-order valence-corrected chi connectivity index (χ2v) is 4.15. The van der Waals surface area contributed by atoms with Gasteiger partial charge in [0.25, 0.3) is 0 Å². The molecule has 0 saturated heterocycles. The number of hydrogen-bond acceptors (Lipinski definition) is 1. The summed E-state index contributed by atoms with van der Waals surface area (Å²) in [5.74, 6) is -0.241. The van der Waals surface area contributed by atoms with Crippen LogP contribution in [0.5, 0.6) is 0 Å². The van der Waals surface area contributed by atoms with Gasteiger partial charge in [-0.1, -0.05) is 0 Å². The Labute approximate surface area is 91.5 Å². The number of aryl methyl sites for hydroxylation is 1. The molecule has 0 heterocycles. The molecule has 0 radical (unpaired) electrons. The van der Waals surface area contributed by atoms with Crippen LogP contribution >= 0.6 is 15.9 Å². The van der Waals surface area contributed by atoms with Gasteiger partial charge >= 0.3 is 0 Å². The fourth-order valence-corrected chi connectivity index (χ4v) is 1.99. The van der Waals surface area contributed by atoms with Gasteiger partial charge in [-0.2, -0.15) is 0 Å². The van der Waals surface area contributed by atoms with Gasteiger partial charge in [-0.05, 0) is 59.0 Å². The summed E-state index contributed by atoms with van der Waals surface area (Å²) in [6, 6.07) is 1.76. The Bertz CT molecular complexity index is 335. The van der Waals surface area contributed by atoms with E-state index < -0.39 is 0 Å². The Hall–Kier alpha value is -0.700. The molecular weight excluding hydrogens is 247 g/mol. The van der Waals surface area contributed by atoms with Crippen molar-refractivity contribution in [2.45, 2.75) is 26.7 Å². The SMILES string of the molecule is Cc1cc(Br)c(F)c(CCC=O)c1C. The van der Waals surface area contributed by atoms with Crippen molar-refractivity contribution in [3.8, 4) is 0 Å². The van der Waals surface area contributed by atoms with Crippen molar-refractivity contribution in [3.63, 3.8) is 0 Å². The molecule has 0 spiro atoms. The monoisotopic (exact) mass is 258 g/mol. The molecule has 0 aromatic heterocycles. The van der Waals surface area contributed by atoms with E-state index in [1.165, 1.54) is 0 Å². The zero-order chi connectivity index (χ0) is 10.7. The lowest BCUT2D eigenvalue weighted by molar-refractivity contribution is -0.107. The topological polar surface area (TPSA) is 17.1 Å². The Morgan fingerprint density at radius 2 is 2.14 bits per heavy atom. The fourth-order valence-electron chi connectivity index (χ4n) is 1.41. The van der Waals surface area contributed by atoms with Crippen molar-refractivity contribution in [1.82, 2.24) is 0 Å². The van der Waals surface area contributed by atoms with Crippen LogP contribution in [0, 0.1) is 19.7 Å². The van der Waals surface area contributed by atoms with Crippen LogP contribution in [-0.2, 0) is 11.2 Å². The number of carbonyl (C=O) groups excluding carboxylic acids is 1. The third kappa shape index (κ3) is 2.21. The average molecular weight is 259 g/mol. The van der Waals surface area contributed by atoms with Crippen LogP contribution in [0.25, 0.3) is 0 Å². The Morgan fingerprint density at radius 3 is 2.71 bits per heavy atom. The average Bonchev–Trinajstić information content (AvgIpc) is 2.15. The van der Waals surface area contributed by atoms with E-state index in [0.717, 1.165) is 17.4 Å². The minimum absolute atomic E-state index is 0.241. The minimum Gasteiger partial charge on any atom is -0.303 e. The third-order valence-corrected chi connectivity index (χ3v) is 2.95. The molecule has 1 rings (SSSR count). The second kappa shape index (κ2) is 4.69. The lowest BCUT2D eigenvalue weighted by Gasteiger charge is -2.10. The molecule has 14 heavy (non-hydrogen) atoms. The van der Waals surface area contributed by atoms with Crippen molar-refractivity contribution in [2.24, 2.45) is 0 Å². The summed E-state index contributed by atoms with van der Waals surface area (Å²) in [7, 11) is 0. The summed E-state index contributed by atoms with van der Waals surface area (Å²) in [6.07, 6.45) is 1.66. The Kier molecular flexibility index (Phi) is 3.81. The molecule has 1 aromatic carbocycles. The highest BCUT2D eigenvalue weighted by Crippen LogP contribution is 2.26. The van der Waals surface area contributed by atoms with Gasteiger partial charge < -0.3 is 4.79 Å². The van der Waals surface area contributed by atoms with E-state index in [1.54, 1.807) is 6.07 Å². The van der Waals surface area contributed by atoms with Gasteiger partial charge in [-0.15, -0.1) is 0 Å². The minimum atomic E-state index is -0.241. The van der Waals surface area contributed by atoms with Gasteiger partial charge in [-0.25, -0.2) is 4.39 Å². The van der Waals surface area contributed by atoms with Crippen molar-refractivity contribution in [1.29, 1.82) is 0 Å². The molecular formula is C11H12BrFO. The number of aldehydes is 1. The zero-order valence-corrected chi connectivity index (χ0v) is 9.82. The molecule has 0 amide bonds. The lowest BCUT2D eigenvalue weighted by atomic mass is 9.99. The van der Waals surface area contributed by atoms with Crippen molar-refractivity contribution < 1.29 is 9.18 Å². The van der Waals surface area contributed by atoms with Gasteiger partial charge in [0.05, 0.1) is 4.47 Å². The summed E-state index contributed by atoms with van der Waals surface area (Å²) in [6.45, 7) is 3.81. The van der Waals surface area contributed by atoms with Gasteiger partial charge in [0.15, 0.2) is 0 Å². The number of carbonyl (C=O) groups is 1. The van der Waals surface area contributed by atoms with E-state index in [0.29, 0.717) is 22.9 Å². The molecule has 0 aliphatic heterocycles. The number of rotatable bonds is 3. The van der Waals surface area contributed by atoms with Crippen molar-refractivity contribution in [3.05, 3.63) is 33.0 Å². The van der Waals surface area contributed by atoms with E-state index in [-0.39, 0.29) is 5.82 Å². The van der Waals surface area contributed by atoms with Crippen LogP contribution in [0.2, 0.25) is 0 Å². The highest BCUT2D eigenvalue weighted by molar-refractivity contribution is 9.10. The van der Waals surface area contributed by atoms with E-state index in [1.807, 2.05) is 13.8 Å². The first kappa shape index (κ1) is 11.4. The molecule has 0 aliphatic carbocycles. The highest BCUT2D eigenvalue weighted by Gasteiger charge is 2.11. The standard InChI is InChI=1S/C11H12BrFO/c1-7-6-10(12)11(13)9(8(7)2)4-3-5-14/h5-6H,3-4H2,1-2H3. The third-order valence-electron chi connectivity index (χ3n) is 2.37. The van der Waals surface area contributed by atoms with Gasteiger partial charge in [0.1, 0.15) is 12.1 Å². The first-order valence-corrected chi connectivity index (χ1v) is 5.25. The molecule has 3 heteroatoms. The van der Waals surface area contributed by atoms with Crippen LogP contribution in [0.3, 0.4) is 0 Å². The molecule has 0 unspecified atom stereocenters. The Morgan fingerprint density at radius 1 is 1.50 bits per heavy atom. The summed E-state index contributed by atoms with van der Waals surface area (Å²) < 4.78 is 14.1. The lowest BCUT2D eigenvalue weighted by Crippen LogP contribution is -1.99. The van der Waals surface area contributed by atoms with Crippen molar-refractivity contribution >= 4 is 22.2 Å². The van der Waals surface area contributed by atoms with Crippen LogP contribution in [0.15, 0.2) is 10.5 Å². The largest absolute Gasteiger partial charge is 0.303 e. The van der Waals surface area contributed by atoms with E-state index in [9.17, 15) is 9.18 Å². The molecule has 76 valence electrons. The quantitative estimate of drug-likeness (QED) is 0.761. The predicted octanol–water partition coefficient (Wildman–Crippen LogP) is 3.34. The number of benzene rings is 1. The fraction of sp³-hybridized carbons (Fsp3) is 0.364. The molecule has 0 aliphatic rings. The van der Waals surface area contributed by atoms with Crippen molar-refractivity contribution in [2.75, 3.05) is 0 Å². The number of halogens is 2. The Balaban J connectivity index is 3.17. The maximum atomic E-state index is 13.6. The van der Waals surface area contributed by atoms with Crippen LogP contribution in [-0.4, -0.2) is 6.29 Å². The maximum Gasteiger partial charge on any atom is 0.140 e. The zero-order valence-electron chi connectivity index (χ0n) is 8.23. The highest BCUT2D eigenvalue weighted by atomic mass is 79.9. The molecule has 1 aromatic rings. The van der Waals surface area contributed by atoms with E-state index >= 15 is 0 Å². The molecule has 0 bridgehead atoms. The summed E-state index contributed by atoms with van der Waals surface area (Å²) in [5.41, 5.74) is 2.62. The van der Waals surface area contributed by atoms with Gasteiger partial charge in [0, 0.05) is 6.42 Å². The van der Waals surface area contributed by atoms with Crippen LogP contribution < -0.4 is 0 Å². The van der Waals surface area contributed by atoms with E-state index in [2.05, 4.69) is 15.9 Å². The van der Waals surface area contributed by atoms with Crippen LogP contribution in [0.4, 0.5) is 4.39 Å². The summed E-state index contributed by atoms with van der Waals surface area (Å²) >= 11 is 3.16. The number of hydrogen-bond donors (Lipinski definition) is 0. The molecule has 0 saturated carbocycles. The second-order valence-electron chi connectivity index (χ2n) is 3.30. The van der Waals surface area contributed by atoms with Crippen LogP contribution in [0.1, 0.15) is 23.1 Å². The first-order chi connectivity index (χ1) is 6.57. The van der Waals surface area contributed by atoms with Gasteiger partial charge in [0.2, 0.25) is 0 Å². The van der Waals surface area contributed by atoms with Gasteiger partial charge in [-0.3, -0.25) is 0 Å². The summed E-state index contributed by atoms with van der Waals surface area (Å²) in [4.78, 5) is 10.2. The first-order valence-electron chi connectivity index (χ1n) is 4.45. The van der Waals surface area contributed by atoms with E-state index in [4.69, 9.17) is 0 Å². The normalized spacial score (nSPS) is 10.3. The molecule has 0 N–H and O–H groups in total. The molecule has 0 atom stereocenters. The predicted molar refractivity (Wildman–Crippen MR) is 58.0 cm³/mol. The summed E-state index contributed by atoms with van der Waals surface area (Å²) in [5, 5.41) is 0. The maximum absolute atomic E-state index is 13.6. The molecule has 1 nitrogen and oxygen atoms in total. The smallest absolute Gasteiger partial charge is 0.140 e.